The molecule has 1 amide bonds. The molecule has 1 N–H and O–H groups in total. The molecule has 0 unspecified atom stereocenters. The monoisotopic (exact) mass is 247 g/mol. The van der Waals surface area contributed by atoms with E-state index in [1.807, 2.05) is 24.3 Å². The zero-order valence-corrected chi connectivity index (χ0v) is 9.91. The van der Waals surface area contributed by atoms with Gasteiger partial charge in [0.05, 0.1) is 20.2 Å². The number of tetrazole rings is 1. The Morgan fingerprint density at radius 3 is 2.83 bits per heavy atom. The molecule has 7 heteroatoms. The van der Waals surface area contributed by atoms with Crippen molar-refractivity contribution in [2.45, 2.75) is 13.1 Å². The van der Waals surface area contributed by atoms with Crippen molar-refractivity contribution in [3.05, 3.63) is 35.7 Å². The highest BCUT2D eigenvalue weighted by atomic mass is 16.5. The SMILES string of the molecule is COc1ccc(Cn2nnc(CNC=O)n2)cc1. The van der Waals surface area contributed by atoms with Gasteiger partial charge in [-0.2, -0.15) is 4.80 Å². The van der Waals surface area contributed by atoms with E-state index in [-0.39, 0.29) is 6.54 Å². The number of benzene rings is 1. The van der Waals surface area contributed by atoms with Gasteiger partial charge in [0, 0.05) is 0 Å². The van der Waals surface area contributed by atoms with E-state index in [4.69, 9.17) is 4.74 Å². The second-order valence-corrected chi connectivity index (χ2v) is 3.58. The standard InChI is InChI=1S/C11H13N5O2/c1-18-10-4-2-9(3-5-10)7-16-14-11(13-15-16)6-12-8-17/h2-5,8H,6-7H2,1H3,(H,12,17). The Morgan fingerprint density at radius 1 is 1.39 bits per heavy atom. The number of hydrogen-bond donors (Lipinski definition) is 1. The first-order chi connectivity index (χ1) is 8.81. The molecule has 0 spiro atoms. The average Bonchev–Trinajstić information content (AvgIpc) is 2.85. The van der Waals surface area contributed by atoms with Crippen LogP contribution in [0.5, 0.6) is 5.75 Å². The van der Waals surface area contributed by atoms with Crippen molar-refractivity contribution in [2.24, 2.45) is 0 Å². The Balaban J connectivity index is 1.99. The van der Waals surface area contributed by atoms with Crippen molar-refractivity contribution in [3.8, 4) is 5.75 Å². The third-order valence-electron chi connectivity index (χ3n) is 2.32. The highest BCUT2D eigenvalue weighted by Crippen LogP contribution is 2.11. The van der Waals surface area contributed by atoms with Crippen molar-refractivity contribution in [1.29, 1.82) is 0 Å². The summed E-state index contributed by atoms with van der Waals surface area (Å²) in [5.74, 6) is 1.29. The summed E-state index contributed by atoms with van der Waals surface area (Å²) < 4.78 is 5.08. The maximum atomic E-state index is 10.1. The van der Waals surface area contributed by atoms with Gasteiger partial charge in [0.1, 0.15) is 5.75 Å². The lowest BCUT2D eigenvalue weighted by molar-refractivity contribution is -0.109. The molecular formula is C11H13N5O2. The van der Waals surface area contributed by atoms with Crippen LogP contribution in [-0.2, 0) is 17.9 Å². The fourth-order valence-electron chi connectivity index (χ4n) is 1.44. The minimum atomic E-state index is 0.284. The normalized spacial score (nSPS) is 10.1. The number of amides is 1. The van der Waals surface area contributed by atoms with E-state index in [9.17, 15) is 4.79 Å². The van der Waals surface area contributed by atoms with Crippen LogP contribution in [0.15, 0.2) is 24.3 Å². The first-order valence-electron chi connectivity index (χ1n) is 5.38. The summed E-state index contributed by atoms with van der Waals surface area (Å²) in [5.41, 5.74) is 1.04. The molecule has 7 nitrogen and oxygen atoms in total. The van der Waals surface area contributed by atoms with Gasteiger partial charge in [-0.3, -0.25) is 4.79 Å². The Kier molecular flexibility index (Phi) is 3.85. The van der Waals surface area contributed by atoms with Crippen LogP contribution in [0.25, 0.3) is 0 Å². The molecule has 1 heterocycles. The van der Waals surface area contributed by atoms with Crippen LogP contribution in [0.2, 0.25) is 0 Å². The summed E-state index contributed by atoms with van der Waals surface area (Å²) >= 11 is 0. The number of aromatic nitrogens is 4. The zero-order chi connectivity index (χ0) is 12.8. The maximum absolute atomic E-state index is 10.1. The quantitative estimate of drug-likeness (QED) is 0.725. The minimum absolute atomic E-state index is 0.284. The molecule has 18 heavy (non-hydrogen) atoms. The van der Waals surface area contributed by atoms with Crippen molar-refractivity contribution in [3.63, 3.8) is 0 Å². The van der Waals surface area contributed by atoms with E-state index in [2.05, 4.69) is 20.7 Å². The molecule has 0 radical (unpaired) electrons. The lowest BCUT2D eigenvalue weighted by Crippen LogP contribution is -2.11. The van der Waals surface area contributed by atoms with Crippen LogP contribution in [0, 0.1) is 0 Å². The summed E-state index contributed by atoms with van der Waals surface area (Å²) in [6.07, 6.45) is 0.601. The maximum Gasteiger partial charge on any atom is 0.207 e. The number of methoxy groups -OCH3 is 1. The van der Waals surface area contributed by atoms with Crippen LogP contribution >= 0.6 is 0 Å². The van der Waals surface area contributed by atoms with Crippen LogP contribution in [0.3, 0.4) is 0 Å². The topological polar surface area (TPSA) is 81.9 Å². The predicted octanol–water partition coefficient (Wildman–Crippen LogP) is -0.0240. The van der Waals surface area contributed by atoms with Gasteiger partial charge in [-0.1, -0.05) is 12.1 Å². The molecule has 0 atom stereocenters. The first-order valence-corrected chi connectivity index (χ1v) is 5.38. The second kappa shape index (κ2) is 5.76. The number of carbonyl (C=O) groups is 1. The predicted molar refractivity (Wildman–Crippen MR) is 62.8 cm³/mol. The Hall–Kier alpha value is -2.44. The molecule has 0 aliphatic carbocycles. The average molecular weight is 247 g/mol. The molecular weight excluding hydrogens is 234 g/mol. The second-order valence-electron chi connectivity index (χ2n) is 3.58. The fraction of sp³-hybridized carbons (Fsp3) is 0.273. The van der Waals surface area contributed by atoms with E-state index in [1.54, 1.807) is 7.11 Å². The summed E-state index contributed by atoms with van der Waals surface area (Å²) in [6, 6.07) is 7.62. The summed E-state index contributed by atoms with van der Waals surface area (Å²) in [7, 11) is 1.63. The van der Waals surface area contributed by atoms with E-state index >= 15 is 0 Å². The van der Waals surface area contributed by atoms with Crippen molar-refractivity contribution >= 4 is 6.41 Å². The van der Waals surface area contributed by atoms with Gasteiger partial charge in [-0.15, -0.1) is 10.2 Å². The van der Waals surface area contributed by atoms with E-state index < -0.39 is 0 Å². The fourth-order valence-corrected chi connectivity index (χ4v) is 1.44. The number of carbonyl (C=O) groups excluding carboxylic acids is 1. The van der Waals surface area contributed by atoms with Gasteiger partial charge >= 0.3 is 0 Å². The Morgan fingerprint density at radius 2 is 2.17 bits per heavy atom. The van der Waals surface area contributed by atoms with Crippen LogP contribution in [-0.4, -0.2) is 33.7 Å². The van der Waals surface area contributed by atoms with Crippen LogP contribution < -0.4 is 10.1 Å². The number of nitrogens with one attached hydrogen (secondary N) is 1. The molecule has 2 aromatic rings. The Labute approximate surface area is 104 Å². The molecule has 0 saturated carbocycles. The van der Waals surface area contributed by atoms with Gasteiger partial charge in [-0.05, 0) is 22.9 Å². The molecule has 0 saturated heterocycles. The number of rotatable bonds is 6. The van der Waals surface area contributed by atoms with Crippen molar-refractivity contribution in [2.75, 3.05) is 7.11 Å². The van der Waals surface area contributed by atoms with E-state index in [0.717, 1.165) is 11.3 Å². The molecule has 1 aromatic heterocycles. The number of nitrogens with zero attached hydrogens (tertiary/aromatic N) is 4. The lowest BCUT2D eigenvalue weighted by atomic mass is 10.2. The van der Waals surface area contributed by atoms with Gasteiger partial charge in [0.15, 0.2) is 5.82 Å². The smallest absolute Gasteiger partial charge is 0.207 e. The molecule has 2 rings (SSSR count). The Bertz CT molecular complexity index is 508. The number of hydrogen-bond acceptors (Lipinski definition) is 5. The minimum Gasteiger partial charge on any atom is -0.497 e. The van der Waals surface area contributed by atoms with E-state index in [0.29, 0.717) is 18.8 Å². The molecule has 94 valence electrons. The van der Waals surface area contributed by atoms with E-state index in [1.165, 1.54) is 4.80 Å². The van der Waals surface area contributed by atoms with Crippen LogP contribution in [0.4, 0.5) is 0 Å². The number of ether oxygens (including phenoxy) is 1. The molecule has 0 bridgehead atoms. The molecule has 0 aliphatic heterocycles. The third kappa shape index (κ3) is 3.03. The van der Waals surface area contributed by atoms with Crippen molar-refractivity contribution < 1.29 is 9.53 Å². The first kappa shape index (κ1) is 12.0. The molecule has 0 aliphatic rings. The van der Waals surface area contributed by atoms with Gasteiger partial charge in [-0.25, -0.2) is 0 Å². The largest absolute Gasteiger partial charge is 0.497 e. The highest BCUT2D eigenvalue weighted by Gasteiger charge is 2.03. The summed E-state index contributed by atoms with van der Waals surface area (Å²) in [4.78, 5) is 11.6. The summed E-state index contributed by atoms with van der Waals surface area (Å²) in [5, 5.41) is 14.3. The summed E-state index contributed by atoms with van der Waals surface area (Å²) in [6.45, 7) is 0.810. The van der Waals surface area contributed by atoms with Gasteiger partial charge in [0.25, 0.3) is 0 Å². The third-order valence-corrected chi connectivity index (χ3v) is 2.32. The van der Waals surface area contributed by atoms with Crippen LogP contribution in [0.1, 0.15) is 11.4 Å². The highest BCUT2D eigenvalue weighted by molar-refractivity contribution is 5.45. The van der Waals surface area contributed by atoms with Gasteiger partial charge < -0.3 is 10.1 Å². The molecule has 1 aromatic carbocycles. The van der Waals surface area contributed by atoms with Gasteiger partial charge in [0.2, 0.25) is 6.41 Å². The lowest BCUT2D eigenvalue weighted by Gasteiger charge is -2.02. The van der Waals surface area contributed by atoms with Crippen molar-refractivity contribution in [1.82, 2.24) is 25.5 Å². The zero-order valence-electron chi connectivity index (χ0n) is 9.91. The molecule has 0 fully saturated rings.